The average Bonchev–Trinajstić information content (AvgIpc) is 3.00. The van der Waals surface area contributed by atoms with Crippen LogP contribution in [0, 0.1) is 17.6 Å². The van der Waals surface area contributed by atoms with Crippen molar-refractivity contribution in [3.63, 3.8) is 0 Å². The first-order valence-electron chi connectivity index (χ1n) is 8.29. The summed E-state index contributed by atoms with van der Waals surface area (Å²) in [5, 5.41) is 9.62. The van der Waals surface area contributed by atoms with Crippen molar-refractivity contribution in [1.29, 1.82) is 0 Å². The third-order valence-corrected chi connectivity index (χ3v) is 4.93. The van der Waals surface area contributed by atoms with Gasteiger partial charge < -0.3 is 10.0 Å². The van der Waals surface area contributed by atoms with Crippen LogP contribution in [-0.4, -0.2) is 42.8 Å². The molecule has 7 heteroatoms. The van der Waals surface area contributed by atoms with Crippen LogP contribution in [0.1, 0.15) is 6.42 Å². The first-order chi connectivity index (χ1) is 12.3. The molecule has 2 aromatic rings. The summed E-state index contributed by atoms with van der Waals surface area (Å²) in [6.45, 7) is 2.04. The summed E-state index contributed by atoms with van der Waals surface area (Å²) in [5.41, 5.74) is 1.18. The molecule has 1 fully saturated rings. The highest BCUT2D eigenvalue weighted by Crippen LogP contribution is 2.35. The summed E-state index contributed by atoms with van der Waals surface area (Å²) in [4.78, 5) is 15.3. The fourth-order valence-corrected chi connectivity index (χ4v) is 3.53. The second-order valence-corrected chi connectivity index (χ2v) is 7.01. The van der Waals surface area contributed by atoms with E-state index in [0.717, 1.165) is 19.5 Å². The van der Waals surface area contributed by atoms with E-state index in [2.05, 4.69) is 4.90 Å². The molecule has 1 aliphatic rings. The fraction of sp³-hybridized carbons (Fsp3) is 0.316. The number of hydrogen-bond donors (Lipinski definition) is 1. The number of carboxylic acid groups (broad SMARTS) is 1. The number of halogens is 3. The first-order valence-corrected chi connectivity index (χ1v) is 8.67. The maximum absolute atomic E-state index is 13.9. The van der Waals surface area contributed by atoms with Crippen LogP contribution in [0.25, 0.3) is 11.1 Å². The van der Waals surface area contributed by atoms with E-state index in [1.807, 2.05) is 7.05 Å². The highest BCUT2D eigenvalue weighted by molar-refractivity contribution is 6.31. The van der Waals surface area contributed by atoms with Crippen LogP contribution in [0.3, 0.4) is 0 Å². The number of rotatable bonds is 4. The van der Waals surface area contributed by atoms with E-state index in [1.54, 1.807) is 0 Å². The van der Waals surface area contributed by atoms with Crippen molar-refractivity contribution in [2.45, 2.75) is 6.42 Å². The van der Waals surface area contributed by atoms with Gasteiger partial charge in [0.15, 0.2) is 0 Å². The minimum absolute atomic E-state index is 0.1000. The van der Waals surface area contributed by atoms with E-state index in [4.69, 9.17) is 11.6 Å². The van der Waals surface area contributed by atoms with Crippen LogP contribution in [0.15, 0.2) is 36.4 Å². The maximum Gasteiger partial charge on any atom is 0.411 e. The monoisotopic (exact) mass is 380 g/mol. The third-order valence-electron chi connectivity index (χ3n) is 4.64. The van der Waals surface area contributed by atoms with Crippen molar-refractivity contribution in [2.24, 2.45) is 5.92 Å². The highest BCUT2D eigenvalue weighted by atomic mass is 35.5. The minimum Gasteiger partial charge on any atom is -0.465 e. The van der Waals surface area contributed by atoms with Gasteiger partial charge in [0.25, 0.3) is 0 Å². The van der Waals surface area contributed by atoms with Gasteiger partial charge in [-0.3, -0.25) is 4.90 Å². The van der Waals surface area contributed by atoms with E-state index in [9.17, 15) is 18.7 Å². The van der Waals surface area contributed by atoms with Gasteiger partial charge in [-0.05, 0) is 61.8 Å². The Morgan fingerprint density at radius 3 is 2.69 bits per heavy atom. The predicted octanol–water partition coefficient (Wildman–Crippen LogP) is 4.72. The number of benzene rings is 2. The van der Waals surface area contributed by atoms with Gasteiger partial charge in [0.1, 0.15) is 11.6 Å². The molecule has 1 heterocycles. The molecule has 26 heavy (non-hydrogen) atoms. The van der Waals surface area contributed by atoms with E-state index < -0.39 is 17.7 Å². The zero-order chi connectivity index (χ0) is 18.8. The topological polar surface area (TPSA) is 43.8 Å². The summed E-state index contributed by atoms with van der Waals surface area (Å²) >= 11 is 5.85. The Morgan fingerprint density at radius 2 is 2.08 bits per heavy atom. The van der Waals surface area contributed by atoms with Crippen LogP contribution in [0.4, 0.5) is 19.3 Å². The summed E-state index contributed by atoms with van der Waals surface area (Å²) in [7, 11) is 1.99. The lowest BCUT2D eigenvalue weighted by Gasteiger charge is -2.25. The van der Waals surface area contributed by atoms with E-state index in [0.29, 0.717) is 23.4 Å². The second-order valence-electron chi connectivity index (χ2n) is 6.60. The zero-order valence-corrected chi connectivity index (χ0v) is 15.0. The zero-order valence-electron chi connectivity index (χ0n) is 14.3. The van der Waals surface area contributed by atoms with Gasteiger partial charge in [-0.25, -0.2) is 13.6 Å². The largest absolute Gasteiger partial charge is 0.465 e. The molecule has 1 atom stereocenters. The molecule has 138 valence electrons. The SMILES string of the molecule is CN1CCC(CN(C(=O)O)c2ccc(F)cc2-c2ccc(F)c(Cl)c2)C1. The van der Waals surface area contributed by atoms with E-state index >= 15 is 0 Å². The van der Waals surface area contributed by atoms with Crippen LogP contribution < -0.4 is 4.90 Å². The standard InChI is InChI=1S/C19H19ClF2N2O2/c1-23-7-6-12(10-23)11-24(19(25)26)18-5-3-14(21)9-15(18)13-2-4-17(22)16(20)8-13/h2-5,8-9,12H,6-7,10-11H2,1H3,(H,25,26). The average molecular weight is 381 g/mol. The molecule has 0 bridgehead atoms. The Kier molecular flexibility index (Phi) is 5.44. The molecule has 1 N–H and O–H groups in total. The molecule has 0 aromatic heterocycles. The van der Waals surface area contributed by atoms with Gasteiger partial charge in [-0.1, -0.05) is 17.7 Å². The molecule has 0 spiro atoms. The molecule has 0 radical (unpaired) electrons. The summed E-state index contributed by atoms with van der Waals surface area (Å²) in [5.74, 6) is -0.890. The van der Waals surface area contributed by atoms with Gasteiger partial charge in [-0.15, -0.1) is 0 Å². The highest BCUT2D eigenvalue weighted by Gasteiger charge is 2.27. The Balaban J connectivity index is 2.01. The molecule has 2 aromatic carbocycles. The number of carbonyl (C=O) groups is 1. The molecule has 1 aliphatic heterocycles. The molecule has 4 nitrogen and oxygen atoms in total. The summed E-state index contributed by atoms with van der Waals surface area (Å²) in [6.07, 6.45) is -0.209. The molecule has 1 saturated heterocycles. The van der Waals surface area contributed by atoms with Crippen molar-refractivity contribution >= 4 is 23.4 Å². The quantitative estimate of drug-likeness (QED) is 0.834. The van der Waals surface area contributed by atoms with E-state index in [-0.39, 0.29) is 10.9 Å². The van der Waals surface area contributed by atoms with E-state index in [1.165, 1.54) is 41.3 Å². The van der Waals surface area contributed by atoms with Crippen molar-refractivity contribution in [1.82, 2.24) is 4.90 Å². The minimum atomic E-state index is -1.11. The summed E-state index contributed by atoms with van der Waals surface area (Å²) < 4.78 is 27.3. The lowest BCUT2D eigenvalue weighted by molar-refractivity contribution is 0.200. The number of anilines is 1. The Hall–Kier alpha value is -2.18. The van der Waals surface area contributed by atoms with Crippen molar-refractivity contribution in [2.75, 3.05) is 31.6 Å². The Labute approximate surface area is 155 Å². The molecular formula is C19H19ClF2N2O2. The van der Waals surface area contributed by atoms with Crippen LogP contribution in [0.5, 0.6) is 0 Å². The lowest BCUT2D eigenvalue weighted by atomic mass is 10.0. The van der Waals surface area contributed by atoms with Gasteiger partial charge in [-0.2, -0.15) is 0 Å². The van der Waals surface area contributed by atoms with Gasteiger partial charge in [0, 0.05) is 18.7 Å². The molecule has 1 amide bonds. The fourth-order valence-electron chi connectivity index (χ4n) is 3.35. The van der Waals surface area contributed by atoms with Crippen LogP contribution in [-0.2, 0) is 0 Å². The van der Waals surface area contributed by atoms with Gasteiger partial charge in [0.05, 0.1) is 10.7 Å². The molecule has 1 unspecified atom stereocenters. The smallest absolute Gasteiger partial charge is 0.411 e. The van der Waals surface area contributed by atoms with Gasteiger partial charge >= 0.3 is 6.09 Å². The number of amides is 1. The maximum atomic E-state index is 13.9. The number of likely N-dealkylation sites (tertiary alicyclic amines) is 1. The number of nitrogens with zero attached hydrogens (tertiary/aromatic N) is 2. The Bertz CT molecular complexity index is 831. The molecule has 0 saturated carbocycles. The Morgan fingerprint density at radius 1 is 1.31 bits per heavy atom. The van der Waals surface area contributed by atoms with Crippen LogP contribution >= 0.6 is 11.6 Å². The normalized spacial score (nSPS) is 17.5. The third kappa shape index (κ3) is 3.97. The molecule has 0 aliphatic carbocycles. The lowest BCUT2D eigenvalue weighted by Crippen LogP contribution is -2.35. The summed E-state index contributed by atoms with van der Waals surface area (Å²) in [6, 6.07) is 7.93. The van der Waals surface area contributed by atoms with Crippen molar-refractivity contribution in [3.05, 3.63) is 53.1 Å². The first kappa shape index (κ1) is 18.6. The number of hydrogen-bond acceptors (Lipinski definition) is 2. The molecule has 3 rings (SSSR count). The van der Waals surface area contributed by atoms with Crippen LogP contribution in [0.2, 0.25) is 5.02 Å². The van der Waals surface area contributed by atoms with Crippen molar-refractivity contribution < 1.29 is 18.7 Å². The molecular weight excluding hydrogens is 362 g/mol. The second kappa shape index (κ2) is 7.60. The van der Waals surface area contributed by atoms with Crippen molar-refractivity contribution in [3.8, 4) is 11.1 Å². The van der Waals surface area contributed by atoms with Gasteiger partial charge in [0.2, 0.25) is 0 Å². The predicted molar refractivity (Wildman–Crippen MR) is 97.8 cm³/mol.